The number of hydrazine groups is 1. The Kier molecular flexibility index (Phi) is 4.10. The first-order valence-electron chi connectivity index (χ1n) is 8.00. The predicted octanol–water partition coefficient (Wildman–Crippen LogP) is 3.56. The van der Waals surface area contributed by atoms with E-state index >= 15 is 0 Å². The molecule has 0 atom stereocenters. The van der Waals surface area contributed by atoms with Crippen molar-refractivity contribution in [2.75, 3.05) is 18.6 Å². The Balaban J connectivity index is 1.64. The molecule has 10 heteroatoms. The standard InChI is InChI=1S/C17H13BrF3N5O/c1-24-14-3-2-11(17(19,20)21)6-10(14)4-5-26(24)16(27)13-7-15-22-8-12(18)9-25(15)23-13/h2-3,6-9H,4-5H2,1H3. The van der Waals surface area contributed by atoms with Crippen molar-refractivity contribution in [2.45, 2.75) is 12.6 Å². The molecule has 0 N–H and O–H groups in total. The van der Waals surface area contributed by atoms with Gasteiger partial charge < -0.3 is 0 Å². The number of benzene rings is 1. The van der Waals surface area contributed by atoms with Gasteiger partial charge in [0.05, 0.1) is 15.7 Å². The molecule has 140 valence electrons. The monoisotopic (exact) mass is 439 g/mol. The number of carbonyl (C=O) groups is 1. The summed E-state index contributed by atoms with van der Waals surface area (Å²) in [7, 11) is 1.65. The third kappa shape index (κ3) is 3.14. The minimum absolute atomic E-state index is 0.211. The molecule has 3 aromatic rings. The van der Waals surface area contributed by atoms with E-state index in [1.54, 1.807) is 30.5 Å². The summed E-state index contributed by atoms with van der Waals surface area (Å²) in [6, 6.07) is 5.13. The van der Waals surface area contributed by atoms with E-state index in [1.165, 1.54) is 15.6 Å². The molecule has 0 aliphatic carbocycles. The zero-order valence-corrected chi connectivity index (χ0v) is 15.6. The number of amides is 1. The van der Waals surface area contributed by atoms with E-state index in [0.717, 1.165) is 16.6 Å². The van der Waals surface area contributed by atoms with Gasteiger partial charge in [-0.25, -0.2) is 14.5 Å². The smallest absolute Gasteiger partial charge is 0.285 e. The number of nitrogens with zero attached hydrogens (tertiary/aromatic N) is 5. The number of fused-ring (bicyclic) bond motifs is 2. The first kappa shape index (κ1) is 17.8. The average Bonchev–Trinajstić information content (AvgIpc) is 3.03. The molecule has 0 saturated carbocycles. The number of alkyl halides is 3. The van der Waals surface area contributed by atoms with Crippen LogP contribution >= 0.6 is 15.9 Å². The van der Waals surface area contributed by atoms with Crippen molar-refractivity contribution in [1.29, 1.82) is 0 Å². The van der Waals surface area contributed by atoms with Crippen LogP contribution in [0.4, 0.5) is 18.9 Å². The van der Waals surface area contributed by atoms with Crippen LogP contribution in [0.15, 0.2) is 41.1 Å². The van der Waals surface area contributed by atoms with E-state index in [0.29, 0.717) is 23.3 Å². The van der Waals surface area contributed by atoms with Crippen molar-refractivity contribution < 1.29 is 18.0 Å². The van der Waals surface area contributed by atoms with Gasteiger partial charge in [-0.3, -0.25) is 9.80 Å². The lowest BCUT2D eigenvalue weighted by molar-refractivity contribution is -0.137. The maximum absolute atomic E-state index is 12.9. The van der Waals surface area contributed by atoms with Gasteiger partial charge in [-0.1, -0.05) is 0 Å². The molecule has 2 aromatic heterocycles. The minimum Gasteiger partial charge on any atom is -0.285 e. The van der Waals surface area contributed by atoms with Crippen molar-refractivity contribution in [3.05, 3.63) is 58.0 Å². The molecule has 0 unspecified atom stereocenters. The Labute approximate surface area is 160 Å². The van der Waals surface area contributed by atoms with Gasteiger partial charge in [-0.2, -0.15) is 18.3 Å². The van der Waals surface area contributed by atoms with Crippen molar-refractivity contribution in [1.82, 2.24) is 19.6 Å². The normalized spacial score (nSPS) is 14.6. The van der Waals surface area contributed by atoms with Crippen LogP contribution in [0.3, 0.4) is 0 Å². The summed E-state index contributed by atoms with van der Waals surface area (Å²) < 4.78 is 41.0. The molecule has 0 radical (unpaired) electrons. The third-order valence-electron chi connectivity index (χ3n) is 4.45. The summed E-state index contributed by atoms with van der Waals surface area (Å²) in [5.74, 6) is -0.343. The van der Waals surface area contributed by atoms with E-state index in [4.69, 9.17) is 0 Å². The second-order valence-corrected chi connectivity index (χ2v) is 7.06. The van der Waals surface area contributed by atoms with Crippen LogP contribution in [0.1, 0.15) is 21.6 Å². The quantitative estimate of drug-likeness (QED) is 0.581. The lowest BCUT2D eigenvalue weighted by Gasteiger charge is -2.38. The lowest BCUT2D eigenvalue weighted by atomic mass is 10.0. The number of hydrogen-bond acceptors (Lipinski definition) is 4. The summed E-state index contributed by atoms with van der Waals surface area (Å²) in [5.41, 5.74) is 1.16. The molecule has 6 nitrogen and oxygen atoms in total. The number of carbonyl (C=O) groups excluding carboxylic acids is 1. The highest BCUT2D eigenvalue weighted by Crippen LogP contribution is 2.35. The van der Waals surface area contributed by atoms with E-state index in [9.17, 15) is 18.0 Å². The maximum atomic E-state index is 12.9. The minimum atomic E-state index is -4.39. The van der Waals surface area contributed by atoms with E-state index in [2.05, 4.69) is 26.0 Å². The van der Waals surface area contributed by atoms with E-state index in [1.807, 2.05) is 0 Å². The Hall–Kier alpha value is -2.62. The lowest BCUT2D eigenvalue weighted by Crippen LogP contribution is -2.48. The van der Waals surface area contributed by atoms with Crippen molar-refractivity contribution in [3.8, 4) is 0 Å². The molecule has 0 spiro atoms. The molecule has 0 saturated heterocycles. The molecule has 1 aliphatic heterocycles. The largest absolute Gasteiger partial charge is 0.416 e. The molecule has 0 bridgehead atoms. The number of halogens is 4. The third-order valence-corrected chi connectivity index (χ3v) is 4.86. The molecule has 3 heterocycles. The van der Waals surface area contributed by atoms with Crippen molar-refractivity contribution >= 4 is 33.2 Å². The first-order valence-corrected chi connectivity index (χ1v) is 8.80. The molecular weight excluding hydrogens is 427 g/mol. The van der Waals surface area contributed by atoms with Gasteiger partial charge in [0.2, 0.25) is 0 Å². The van der Waals surface area contributed by atoms with Gasteiger partial charge in [-0.15, -0.1) is 0 Å². The highest BCUT2D eigenvalue weighted by Gasteiger charge is 2.33. The second kappa shape index (κ2) is 6.22. The number of aromatic nitrogens is 3. The first-order chi connectivity index (χ1) is 12.7. The summed E-state index contributed by atoms with van der Waals surface area (Å²) in [5, 5.41) is 7.27. The Bertz CT molecular complexity index is 1050. The van der Waals surface area contributed by atoms with Gasteiger partial charge in [0.15, 0.2) is 11.3 Å². The molecule has 1 aromatic carbocycles. The topological polar surface area (TPSA) is 53.7 Å². The highest BCUT2D eigenvalue weighted by atomic mass is 79.9. The van der Waals surface area contributed by atoms with E-state index in [-0.39, 0.29) is 18.1 Å². The van der Waals surface area contributed by atoms with Gasteiger partial charge in [0.25, 0.3) is 5.91 Å². The molecule has 0 fully saturated rings. The summed E-state index contributed by atoms with van der Waals surface area (Å²) in [6.07, 6.45) is -0.773. The summed E-state index contributed by atoms with van der Waals surface area (Å²) in [6.45, 7) is 0.259. The SMILES string of the molecule is CN1c2ccc(C(F)(F)F)cc2CCN1C(=O)c1cc2ncc(Br)cn2n1. The molecule has 1 amide bonds. The fraction of sp³-hybridized carbons (Fsp3) is 0.235. The van der Waals surface area contributed by atoms with Gasteiger partial charge >= 0.3 is 6.18 Å². The maximum Gasteiger partial charge on any atom is 0.416 e. The predicted molar refractivity (Wildman–Crippen MR) is 95.3 cm³/mol. The van der Waals surface area contributed by atoms with Crippen LogP contribution in [0.5, 0.6) is 0 Å². The van der Waals surface area contributed by atoms with Crippen LogP contribution in [-0.4, -0.2) is 39.1 Å². The van der Waals surface area contributed by atoms with Crippen molar-refractivity contribution in [3.63, 3.8) is 0 Å². The Morgan fingerprint density at radius 2 is 2.04 bits per heavy atom. The zero-order valence-electron chi connectivity index (χ0n) is 14.0. The van der Waals surface area contributed by atoms with Gasteiger partial charge in [0, 0.05) is 32.1 Å². The second-order valence-electron chi connectivity index (χ2n) is 6.15. The fourth-order valence-electron chi connectivity index (χ4n) is 3.11. The Morgan fingerprint density at radius 3 is 2.78 bits per heavy atom. The van der Waals surface area contributed by atoms with Crippen molar-refractivity contribution in [2.24, 2.45) is 0 Å². The van der Waals surface area contributed by atoms with Crippen LogP contribution < -0.4 is 5.01 Å². The molecular formula is C17H13BrF3N5O. The summed E-state index contributed by atoms with van der Waals surface area (Å²) in [4.78, 5) is 17.1. The van der Waals surface area contributed by atoms with E-state index < -0.39 is 11.7 Å². The zero-order chi connectivity index (χ0) is 19.3. The van der Waals surface area contributed by atoms with Crippen LogP contribution in [0.25, 0.3) is 5.65 Å². The number of rotatable bonds is 1. The Morgan fingerprint density at radius 1 is 1.26 bits per heavy atom. The van der Waals surface area contributed by atoms with Gasteiger partial charge in [-0.05, 0) is 46.1 Å². The molecule has 27 heavy (non-hydrogen) atoms. The average molecular weight is 440 g/mol. The van der Waals surface area contributed by atoms with Gasteiger partial charge in [0.1, 0.15) is 0 Å². The van der Waals surface area contributed by atoms with Crippen LogP contribution in [0, 0.1) is 0 Å². The highest BCUT2D eigenvalue weighted by molar-refractivity contribution is 9.10. The number of anilines is 1. The van der Waals surface area contributed by atoms with Crippen LogP contribution in [0.2, 0.25) is 0 Å². The molecule has 1 aliphatic rings. The number of hydrogen-bond donors (Lipinski definition) is 0. The van der Waals surface area contributed by atoms with Crippen LogP contribution in [-0.2, 0) is 12.6 Å². The summed E-state index contributed by atoms with van der Waals surface area (Å²) >= 11 is 3.30. The fourth-order valence-corrected chi connectivity index (χ4v) is 3.41. The molecule has 4 rings (SSSR count).